The third kappa shape index (κ3) is 5.14. The quantitative estimate of drug-likeness (QED) is 0.301. The number of hydrogen-bond donors (Lipinski definition) is 3. The third-order valence-electron chi connectivity index (χ3n) is 5.01. The monoisotopic (exact) mass is 431 g/mol. The number of fused-ring (bicyclic) bond motifs is 1. The molecular weight excluding hydrogens is 411 g/mol. The van der Waals surface area contributed by atoms with Gasteiger partial charge in [0.15, 0.2) is 0 Å². The molecule has 10 heteroatoms. The van der Waals surface area contributed by atoms with Crippen molar-refractivity contribution >= 4 is 23.1 Å². The van der Waals surface area contributed by atoms with Crippen molar-refractivity contribution in [3.63, 3.8) is 0 Å². The Balaban J connectivity index is 1.53. The Morgan fingerprint density at radius 2 is 2.06 bits per heavy atom. The van der Waals surface area contributed by atoms with Gasteiger partial charge in [0.2, 0.25) is 0 Å². The van der Waals surface area contributed by atoms with Gasteiger partial charge in [-0.05, 0) is 49.4 Å². The number of hydrogen-bond acceptors (Lipinski definition) is 4. The highest BCUT2D eigenvalue weighted by atomic mass is 19.4. The van der Waals surface area contributed by atoms with Crippen LogP contribution < -0.4 is 10.6 Å². The molecular formula is C21H20F3N5O2. The summed E-state index contributed by atoms with van der Waals surface area (Å²) in [5.74, 6) is 0.570. The number of imidazole rings is 1. The van der Waals surface area contributed by atoms with Crippen LogP contribution in [-0.2, 0) is 0 Å². The SMILES string of the molecule is O=C(NCC(F)(F)F)Nc1cccc(-c2cnc3cc(/C(CC4CC4)=N/O)ccn23)c1. The number of halogens is 3. The van der Waals surface area contributed by atoms with Gasteiger partial charge >= 0.3 is 12.2 Å². The van der Waals surface area contributed by atoms with Crippen LogP contribution in [0.25, 0.3) is 16.9 Å². The molecule has 7 nitrogen and oxygen atoms in total. The number of benzene rings is 1. The van der Waals surface area contributed by atoms with Crippen molar-refractivity contribution < 1.29 is 23.2 Å². The molecule has 1 aliphatic rings. The van der Waals surface area contributed by atoms with Gasteiger partial charge in [-0.15, -0.1) is 0 Å². The van der Waals surface area contributed by atoms with Crippen molar-refractivity contribution in [3.05, 3.63) is 54.4 Å². The fourth-order valence-corrected chi connectivity index (χ4v) is 3.30. The topological polar surface area (TPSA) is 91.0 Å². The number of anilines is 1. The first-order valence-corrected chi connectivity index (χ1v) is 9.73. The fourth-order valence-electron chi connectivity index (χ4n) is 3.30. The van der Waals surface area contributed by atoms with E-state index in [4.69, 9.17) is 0 Å². The number of nitrogens with zero attached hydrogens (tertiary/aromatic N) is 3. The van der Waals surface area contributed by atoms with Crippen molar-refractivity contribution in [2.75, 3.05) is 11.9 Å². The standard InChI is InChI=1S/C21H20F3N5O2/c22-21(23,24)12-26-20(30)27-16-3-1-2-15(9-16)18-11-25-19-10-14(6-7-29(18)19)17(28-31)8-13-4-5-13/h1-3,6-7,9-11,13,31H,4-5,8,12H2,(H2,26,27,30)/b28-17+. The molecule has 1 aromatic carbocycles. The molecule has 1 fully saturated rings. The lowest BCUT2D eigenvalue weighted by Gasteiger charge is -2.11. The second kappa shape index (κ2) is 8.29. The molecule has 3 aromatic rings. The highest BCUT2D eigenvalue weighted by Crippen LogP contribution is 2.34. The first-order chi connectivity index (χ1) is 14.8. The largest absolute Gasteiger partial charge is 0.411 e. The molecule has 31 heavy (non-hydrogen) atoms. The van der Waals surface area contributed by atoms with Crippen LogP contribution in [0.15, 0.2) is 53.9 Å². The number of nitrogens with one attached hydrogen (secondary N) is 2. The summed E-state index contributed by atoms with van der Waals surface area (Å²) in [7, 11) is 0. The average Bonchev–Trinajstić information content (AvgIpc) is 3.46. The van der Waals surface area contributed by atoms with E-state index in [1.54, 1.807) is 29.7 Å². The lowest BCUT2D eigenvalue weighted by molar-refractivity contribution is -0.122. The maximum absolute atomic E-state index is 12.2. The van der Waals surface area contributed by atoms with Gasteiger partial charge in [-0.3, -0.25) is 4.40 Å². The second-order valence-electron chi connectivity index (χ2n) is 7.48. The van der Waals surface area contributed by atoms with Gasteiger partial charge in [-0.2, -0.15) is 13.2 Å². The molecule has 2 aromatic heterocycles. The van der Waals surface area contributed by atoms with Gasteiger partial charge in [0, 0.05) is 23.0 Å². The molecule has 0 bridgehead atoms. The van der Waals surface area contributed by atoms with Gasteiger partial charge in [-0.25, -0.2) is 9.78 Å². The first-order valence-electron chi connectivity index (χ1n) is 9.73. The van der Waals surface area contributed by atoms with Crippen LogP contribution in [0.1, 0.15) is 24.8 Å². The molecule has 3 N–H and O–H groups in total. The minimum Gasteiger partial charge on any atom is -0.411 e. The van der Waals surface area contributed by atoms with Crippen molar-refractivity contribution in [1.29, 1.82) is 0 Å². The van der Waals surface area contributed by atoms with Gasteiger partial charge in [-0.1, -0.05) is 17.3 Å². The number of urea groups is 1. The number of amides is 2. The summed E-state index contributed by atoms with van der Waals surface area (Å²) >= 11 is 0. The zero-order valence-corrected chi connectivity index (χ0v) is 16.4. The summed E-state index contributed by atoms with van der Waals surface area (Å²) in [4.78, 5) is 16.1. The Kier molecular flexibility index (Phi) is 5.53. The van der Waals surface area contributed by atoms with E-state index in [1.807, 2.05) is 28.8 Å². The van der Waals surface area contributed by atoms with Crippen molar-refractivity contribution in [2.45, 2.75) is 25.4 Å². The molecule has 162 valence electrons. The number of carbonyl (C=O) groups is 1. The fraction of sp³-hybridized carbons (Fsp3) is 0.286. The summed E-state index contributed by atoms with van der Waals surface area (Å²) in [5.41, 5.74) is 3.91. The van der Waals surface area contributed by atoms with Gasteiger partial charge < -0.3 is 15.8 Å². The summed E-state index contributed by atoms with van der Waals surface area (Å²) in [6, 6.07) is 9.48. The van der Waals surface area contributed by atoms with Crippen molar-refractivity contribution in [3.8, 4) is 11.3 Å². The molecule has 0 aliphatic heterocycles. The molecule has 0 spiro atoms. The number of aromatic nitrogens is 2. The molecule has 0 atom stereocenters. The van der Waals surface area contributed by atoms with Gasteiger partial charge in [0.1, 0.15) is 12.2 Å². The molecule has 1 aliphatic carbocycles. The van der Waals surface area contributed by atoms with E-state index in [0.29, 0.717) is 23.0 Å². The minimum atomic E-state index is -4.48. The third-order valence-corrected chi connectivity index (χ3v) is 5.01. The summed E-state index contributed by atoms with van der Waals surface area (Å²) < 4.78 is 38.6. The molecule has 0 unspecified atom stereocenters. The zero-order chi connectivity index (χ0) is 22.0. The Morgan fingerprint density at radius 1 is 1.26 bits per heavy atom. The smallest absolute Gasteiger partial charge is 0.405 e. The van der Waals surface area contributed by atoms with Gasteiger partial charge in [0.25, 0.3) is 0 Å². The number of oxime groups is 1. The lowest BCUT2D eigenvalue weighted by atomic mass is 10.1. The van der Waals surface area contributed by atoms with Crippen molar-refractivity contribution in [1.82, 2.24) is 14.7 Å². The lowest BCUT2D eigenvalue weighted by Crippen LogP contribution is -2.36. The first kappa shape index (κ1) is 20.7. The maximum Gasteiger partial charge on any atom is 0.405 e. The maximum atomic E-state index is 12.2. The number of rotatable bonds is 6. The van der Waals surface area contributed by atoms with Crippen LogP contribution in [0.4, 0.5) is 23.7 Å². The Hall–Kier alpha value is -3.56. The van der Waals surface area contributed by atoms with Gasteiger partial charge in [0.05, 0.1) is 17.6 Å². The number of pyridine rings is 1. The van der Waals surface area contributed by atoms with Crippen LogP contribution in [0.2, 0.25) is 0 Å². The van der Waals surface area contributed by atoms with Crippen LogP contribution in [0.3, 0.4) is 0 Å². The Labute approximate surface area is 175 Å². The molecule has 0 radical (unpaired) electrons. The zero-order valence-electron chi connectivity index (χ0n) is 16.4. The van der Waals surface area contributed by atoms with E-state index in [0.717, 1.165) is 36.1 Å². The molecule has 4 rings (SSSR count). The summed E-state index contributed by atoms with van der Waals surface area (Å²) in [6.45, 7) is -1.41. The van der Waals surface area contributed by atoms with E-state index >= 15 is 0 Å². The van der Waals surface area contributed by atoms with E-state index < -0.39 is 18.8 Å². The predicted molar refractivity (Wildman–Crippen MR) is 109 cm³/mol. The number of carbonyl (C=O) groups excluding carboxylic acids is 1. The van der Waals surface area contributed by atoms with Crippen LogP contribution in [0, 0.1) is 5.92 Å². The van der Waals surface area contributed by atoms with E-state index in [9.17, 15) is 23.2 Å². The van der Waals surface area contributed by atoms with E-state index in [1.165, 1.54) is 0 Å². The highest BCUT2D eigenvalue weighted by Gasteiger charge is 2.27. The second-order valence-corrected chi connectivity index (χ2v) is 7.48. The summed E-state index contributed by atoms with van der Waals surface area (Å²) in [6.07, 6.45) is 2.03. The van der Waals surface area contributed by atoms with Crippen molar-refractivity contribution in [2.24, 2.45) is 11.1 Å². The molecule has 1 saturated carbocycles. The van der Waals surface area contributed by atoms with Crippen LogP contribution in [0.5, 0.6) is 0 Å². The Bertz CT molecular complexity index is 1140. The normalized spacial score (nSPS) is 14.6. The van der Waals surface area contributed by atoms with E-state index in [2.05, 4.69) is 15.5 Å². The molecule has 2 amide bonds. The highest BCUT2D eigenvalue weighted by molar-refractivity contribution is 6.01. The molecule has 2 heterocycles. The Morgan fingerprint density at radius 3 is 2.77 bits per heavy atom. The summed E-state index contributed by atoms with van der Waals surface area (Å²) in [5, 5.41) is 17.0. The number of alkyl halides is 3. The minimum absolute atomic E-state index is 0.350. The average molecular weight is 431 g/mol. The van der Waals surface area contributed by atoms with Crippen LogP contribution in [-0.4, -0.2) is 39.1 Å². The van der Waals surface area contributed by atoms with Crippen LogP contribution >= 0.6 is 0 Å². The molecule has 0 saturated heterocycles. The predicted octanol–water partition coefficient (Wildman–Crippen LogP) is 4.66. The van der Waals surface area contributed by atoms with E-state index in [-0.39, 0.29) is 0 Å².